The van der Waals surface area contributed by atoms with Crippen LogP contribution in [0.15, 0.2) is 12.1 Å². The number of hydrogen-bond donors (Lipinski definition) is 0. The quantitative estimate of drug-likeness (QED) is 0.627. The summed E-state index contributed by atoms with van der Waals surface area (Å²) in [5.74, 6) is -0.654. The Hall–Kier alpha value is -1.21. The minimum atomic E-state index is -4.61. The van der Waals surface area contributed by atoms with Gasteiger partial charge in [-0.15, -0.1) is 0 Å². The molecule has 0 unspecified atom stereocenters. The van der Waals surface area contributed by atoms with Gasteiger partial charge in [0.1, 0.15) is 0 Å². The molecule has 0 aromatic heterocycles. The van der Waals surface area contributed by atoms with Crippen LogP contribution in [0, 0.1) is 10.1 Å². The fraction of sp³-hybridized carbons (Fsp3) is 0.250. The minimum Gasteiger partial charge on any atom is -0.476 e. The van der Waals surface area contributed by atoms with Crippen molar-refractivity contribution in [2.24, 2.45) is 0 Å². The van der Waals surface area contributed by atoms with Crippen molar-refractivity contribution in [1.82, 2.24) is 0 Å². The third-order valence-corrected chi connectivity index (χ3v) is 2.06. The summed E-state index contributed by atoms with van der Waals surface area (Å²) in [7, 11) is 0. The highest BCUT2D eigenvalue weighted by atomic mass is 35.5. The van der Waals surface area contributed by atoms with Crippen LogP contribution in [0.5, 0.6) is 5.75 Å². The van der Waals surface area contributed by atoms with Gasteiger partial charge in [0.25, 0.3) is 0 Å². The van der Waals surface area contributed by atoms with Gasteiger partial charge in [-0.2, -0.15) is 13.2 Å². The lowest BCUT2D eigenvalue weighted by Gasteiger charge is -2.10. The molecule has 1 aromatic carbocycles. The van der Waals surface area contributed by atoms with Gasteiger partial charge in [-0.05, 0) is 6.07 Å². The van der Waals surface area contributed by atoms with Gasteiger partial charge in [0.05, 0.1) is 9.95 Å². The Morgan fingerprint density at radius 2 is 1.94 bits per heavy atom. The van der Waals surface area contributed by atoms with E-state index in [0.717, 1.165) is 12.1 Å². The lowest BCUT2D eigenvalue weighted by Crippen LogP contribution is -2.19. The molecule has 0 atom stereocenters. The second kappa shape index (κ2) is 4.97. The molecule has 4 nitrogen and oxygen atoms in total. The van der Waals surface area contributed by atoms with E-state index in [2.05, 4.69) is 4.74 Å². The van der Waals surface area contributed by atoms with E-state index in [1.807, 2.05) is 0 Å². The summed E-state index contributed by atoms with van der Waals surface area (Å²) in [6.45, 7) is -1.67. The lowest BCUT2D eigenvalue weighted by molar-refractivity contribution is -0.386. The summed E-state index contributed by atoms with van der Waals surface area (Å²) in [6, 6.07) is 1.92. The molecule has 0 spiro atoms. The average molecular weight is 290 g/mol. The smallest absolute Gasteiger partial charge is 0.422 e. The van der Waals surface area contributed by atoms with Crippen LogP contribution in [0.25, 0.3) is 0 Å². The maximum Gasteiger partial charge on any atom is 0.422 e. The van der Waals surface area contributed by atoms with Gasteiger partial charge < -0.3 is 4.74 Å². The maximum absolute atomic E-state index is 11.9. The summed E-state index contributed by atoms with van der Waals surface area (Å²) < 4.78 is 40.1. The SMILES string of the molecule is O=[N+]([O-])c1cc(Cl)cc(Cl)c1OCC(F)(F)F. The van der Waals surface area contributed by atoms with Gasteiger partial charge in [-0.25, -0.2) is 0 Å². The first-order valence-corrected chi connectivity index (χ1v) is 4.79. The van der Waals surface area contributed by atoms with Crippen LogP contribution in [-0.4, -0.2) is 17.7 Å². The van der Waals surface area contributed by atoms with E-state index < -0.39 is 29.1 Å². The number of benzene rings is 1. The van der Waals surface area contributed by atoms with Gasteiger partial charge in [-0.1, -0.05) is 23.2 Å². The molecule has 0 aliphatic rings. The van der Waals surface area contributed by atoms with Crippen LogP contribution in [0.2, 0.25) is 10.0 Å². The summed E-state index contributed by atoms with van der Waals surface area (Å²) in [4.78, 5) is 9.65. The largest absolute Gasteiger partial charge is 0.476 e. The highest BCUT2D eigenvalue weighted by Gasteiger charge is 2.31. The first kappa shape index (κ1) is 13.9. The van der Waals surface area contributed by atoms with Crippen LogP contribution >= 0.6 is 23.2 Å². The van der Waals surface area contributed by atoms with E-state index in [9.17, 15) is 23.3 Å². The third kappa shape index (κ3) is 3.94. The van der Waals surface area contributed by atoms with Crippen molar-refractivity contribution in [3.63, 3.8) is 0 Å². The normalized spacial score (nSPS) is 11.4. The molecule has 1 rings (SSSR count). The number of nitro groups is 1. The lowest BCUT2D eigenvalue weighted by atomic mass is 10.3. The molecule has 0 bridgehead atoms. The van der Waals surface area contributed by atoms with E-state index >= 15 is 0 Å². The monoisotopic (exact) mass is 289 g/mol. The van der Waals surface area contributed by atoms with Gasteiger partial charge >= 0.3 is 11.9 Å². The van der Waals surface area contributed by atoms with Crippen LogP contribution in [-0.2, 0) is 0 Å². The van der Waals surface area contributed by atoms with Crippen molar-refractivity contribution in [1.29, 1.82) is 0 Å². The standard InChI is InChI=1S/C8H4Cl2F3NO3/c9-4-1-5(10)7(6(2-4)14(15)16)17-3-8(11,12)13/h1-2H,3H2. The zero-order chi connectivity index (χ0) is 13.2. The molecule has 0 radical (unpaired) electrons. The second-order valence-electron chi connectivity index (χ2n) is 2.90. The Balaban J connectivity index is 3.09. The topological polar surface area (TPSA) is 52.4 Å². The fourth-order valence-corrected chi connectivity index (χ4v) is 1.52. The summed E-state index contributed by atoms with van der Waals surface area (Å²) in [6.07, 6.45) is -4.61. The van der Waals surface area contributed by atoms with Crippen LogP contribution in [0.1, 0.15) is 0 Å². The molecule has 1 aromatic rings. The summed E-state index contributed by atoms with van der Waals surface area (Å²) in [5.41, 5.74) is -0.716. The first-order valence-electron chi connectivity index (χ1n) is 4.03. The van der Waals surface area contributed by atoms with Crippen LogP contribution < -0.4 is 4.74 Å². The Morgan fingerprint density at radius 1 is 1.35 bits per heavy atom. The minimum absolute atomic E-state index is 0.0685. The highest BCUT2D eigenvalue weighted by Crippen LogP contribution is 2.38. The van der Waals surface area contributed by atoms with Crippen molar-refractivity contribution in [2.45, 2.75) is 6.18 Å². The summed E-state index contributed by atoms with van der Waals surface area (Å²) >= 11 is 11.0. The van der Waals surface area contributed by atoms with Gasteiger partial charge in [0.15, 0.2) is 6.61 Å². The first-order chi connectivity index (χ1) is 7.70. The molecule has 0 aliphatic heterocycles. The number of alkyl halides is 3. The number of nitrogens with zero attached hydrogens (tertiary/aromatic N) is 1. The molecule has 17 heavy (non-hydrogen) atoms. The van der Waals surface area contributed by atoms with Crippen molar-refractivity contribution in [3.8, 4) is 5.75 Å². The molecule has 0 aliphatic carbocycles. The van der Waals surface area contributed by atoms with Crippen molar-refractivity contribution >= 4 is 28.9 Å². The molecule has 9 heteroatoms. The maximum atomic E-state index is 11.9. The van der Waals surface area contributed by atoms with E-state index in [0.29, 0.717) is 0 Å². The Labute approximate surface area is 103 Å². The summed E-state index contributed by atoms with van der Waals surface area (Å²) in [5, 5.41) is 10.2. The molecule has 0 amide bonds. The Morgan fingerprint density at radius 3 is 2.41 bits per heavy atom. The second-order valence-corrected chi connectivity index (χ2v) is 3.74. The van der Waals surface area contributed by atoms with Crippen molar-refractivity contribution < 1.29 is 22.8 Å². The van der Waals surface area contributed by atoms with Gasteiger partial charge in [0, 0.05) is 11.1 Å². The van der Waals surface area contributed by atoms with Crippen LogP contribution in [0.4, 0.5) is 18.9 Å². The predicted molar refractivity (Wildman–Crippen MR) is 54.7 cm³/mol. The molecule has 0 saturated carbocycles. The molecule has 0 N–H and O–H groups in total. The zero-order valence-electron chi connectivity index (χ0n) is 7.92. The van der Waals surface area contributed by atoms with E-state index in [1.54, 1.807) is 0 Å². The average Bonchev–Trinajstić information content (AvgIpc) is 2.13. The van der Waals surface area contributed by atoms with E-state index in [4.69, 9.17) is 23.2 Å². The molecule has 0 saturated heterocycles. The van der Waals surface area contributed by atoms with Crippen molar-refractivity contribution in [3.05, 3.63) is 32.3 Å². The van der Waals surface area contributed by atoms with Gasteiger partial charge in [-0.3, -0.25) is 10.1 Å². The molecule has 0 heterocycles. The molecule has 94 valence electrons. The molecular formula is C8H4Cl2F3NO3. The number of rotatable bonds is 3. The zero-order valence-corrected chi connectivity index (χ0v) is 9.44. The van der Waals surface area contributed by atoms with Crippen molar-refractivity contribution in [2.75, 3.05) is 6.61 Å². The highest BCUT2D eigenvalue weighted by molar-refractivity contribution is 6.36. The molecule has 0 fully saturated rings. The number of halogens is 5. The fourth-order valence-electron chi connectivity index (χ4n) is 0.979. The van der Waals surface area contributed by atoms with Crippen LogP contribution in [0.3, 0.4) is 0 Å². The van der Waals surface area contributed by atoms with Gasteiger partial charge in [0.2, 0.25) is 5.75 Å². The number of ether oxygens (including phenoxy) is 1. The molecular weight excluding hydrogens is 286 g/mol. The Bertz CT molecular complexity index is 450. The number of hydrogen-bond acceptors (Lipinski definition) is 3. The van der Waals surface area contributed by atoms with E-state index in [1.165, 1.54) is 0 Å². The predicted octanol–water partition coefficient (Wildman–Crippen LogP) is 3.84. The third-order valence-electron chi connectivity index (χ3n) is 1.57. The van der Waals surface area contributed by atoms with E-state index in [-0.39, 0.29) is 10.0 Å². The number of nitro benzene ring substituents is 1. The Kier molecular flexibility index (Phi) is 4.05.